The molecule has 0 radical (unpaired) electrons. The Labute approximate surface area is 186 Å². The predicted octanol–water partition coefficient (Wildman–Crippen LogP) is 4.03. The summed E-state index contributed by atoms with van der Waals surface area (Å²) in [4.78, 5) is 26.6. The van der Waals surface area contributed by atoms with E-state index in [1.54, 1.807) is 56.5 Å². The minimum Gasteiger partial charge on any atom is -0.489 e. The average Bonchev–Trinajstić information content (AvgIpc) is 2.80. The van der Waals surface area contributed by atoms with Crippen LogP contribution in [-0.2, 0) is 20.9 Å². The fourth-order valence-electron chi connectivity index (χ4n) is 3.27. The molecule has 3 rings (SSSR count). The van der Waals surface area contributed by atoms with Crippen molar-refractivity contribution in [2.45, 2.75) is 20.0 Å². The van der Waals surface area contributed by atoms with Crippen molar-refractivity contribution in [1.82, 2.24) is 4.90 Å². The molecule has 0 aliphatic carbocycles. The van der Waals surface area contributed by atoms with Crippen LogP contribution in [0.15, 0.2) is 65.3 Å². The Bertz CT molecular complexity index is 1100. The third-order valence-electron chi connectivity index (χ3n) is 5.07. The number of hydrogen-bond acceptors (Lipinski definition) is 5. The van der Waals surface area contributed by atoms with Crippen molar-refractivity contribution >= 4 is 17.9 Å². The second-order valence-electron chi connectivity index (χ2n) is 7.26. The Hall–Kier alpha value is -3.76. The average molecular weight is 434 g/mol. The molecule has 0 fully saturated rings. The minimum atomic E-state index is -0.576. The van der Waals surface area contributed by atoms with Gasteiger partial charge in [0.25, 0.3) is 11.8 Å². The van der Waals surface area contributed by atoms with Crippen molar-refractivity contribution in [2.24, 2.45) is 0 Å². The van der Waals surface area contributed by atoms with Crippen molar-refractivity contribution in [3.8, 4) is 11.8 Å². The van der Waals surface area contributed by atoms with E-state index in [0.717, 1.165) is 16.0 Å². The maximum Gasteiger partial charge on any atom is 0.271 e. The maximum absolute atomic E-state index is 13.0. The molecule has 32 heavy (non-hydrogen) atoms. The smallest absolute Gasteiger partial charge is 0.271 e. The molecule has 0 unspecified atom stereocenters. The molecule has 0 saturated carbocycles. The second kappa shape index (κ2) is 10.5. The van der Waals surface area contributed by atoms with Gasteiger partial charge in [0, 0.05) is 25.8 Å². The molecular formula is C25H23FN2O4. The molecule has 0 atom stereocenters. The fourth-order valence-corrected chi connectivity index (χ4v) is 3.27. The predicted molar refractivity (Wildman–Crippen MR) is 117 cm³/mol. The summed E-state index contributed by atoms with van der Waals surface area (Å²) in [5, 5.41) is 9.44. The highest BCUT2D eigenvalue weighted by atomic mass is 19.1. The number of nitrogens with zero attached hydrogens (tertiary/aromatic N) is 2. The summed E-state index contributed by atoms with van der Waals surface area (Å²) >= 11 is 0. The van der Waals surface area contributed by atoms with Gasteiger partial charge in [-0.25, -0.2) is 4.39 Å². The number of benzene rings is 2. The zero-order chi connectivity index (χ0) is 23.1. The first-order valence-electron chi connectivity index (χ1n) is 10.1. The van der Waals surface area contributed by atoms with Crippen molar-refractivity contribution in [3.63, 3.8) is 0 Å². The summed E-state index contributed by atoms with van der Waals surface area (Å²) in [6, 6.07) is 15.1. The van der Waals surface area contributed by atoms with Gasteiger partial charge in [-0.15, -0.1) is 0 Å². The van der Waals surface area contributed by atoms with Crippen LogP contribution in [0, 0.1) is 17.1 Å². The number of imide groups is 1. The molecule has 0 spiro atoms. The van der Waals surface area contributed by atoms with Gasteiger partial charge in [0.05, 0.1) is 0 Å². The number of rotatable bonds is 8. The first-order chi connectivity index (χ1) is 15.4. The number of amides is 2. The molecule has 0 aromatic heterocycles. The lowest BCUT2D eigenvalue weighted by Crippen LogP contribution is -2.43. The lowest BCUT2D eigenvalue weighted by Gasteiger charge is -2.27. The zero-order valence-corrected chi connectivity index (χ0v) is 17.9. The molecule has 0 N–H and O–H groups in total. The van der Waals surface area contributed by atoms with E-state index in [1.165, 1.54) is 12.1 Å². The van der Waals surface area contributed by atoms with E-state index < -0.39 is 11.8 Å². The highest BCUT2D eigenvalue weighted by Gasteiger charge is 2.34. The normalized spacial score (nSPS) is 15.3. The molecule has 0 bridgehead atoms. The van der Waals surface area contributed by atoms with Crippen LogP contribution < -0.4 is 4.74 Å². The molecule has 7 heteroatoms. The SMILES string of the molecule is COCCCN1C(=O)C(C#N)=C(C)/C(=C\c2ccc(OCc3ccc(F)cc3)cc2)C1=O. The van der Waals surface area contributed by atoms with Gasteiger partial charge in [-0.1, -0.05) is 24.3 Å². The van der Waals surface area contributed by atoms with E-state index in [-0.39, 0.29) is 17.9 Å². The van der Waals surface area contributed by atoms with Crippen LogP contribution in [0.5, 0.6) is 5.75 Å². The lowest BCUT2D eigenvalue weighted by molar-refractivity contribution is -0.140. The van der Waals surface area contributed by atoms with Crippen molar-refractivity contribution in [1.29, 1.82) is 5.26 Å². The molecule has 1 aliphatic heterocycles. The maximum atomic E-state index is 13.0. The molecule has 0 saturated heterocycles. The molecule has 1 heterocycles. The summed E-state index contributed by atoms with van der Waals surface area (Å²) in [6.45, 7) is 2.48. The lowest BCUT2D eigenvalue weighted by atomic mass is 9.93. The Kier molecular flexibility index (Phi) is 7.53. The van der Waals surface area contributed by atoms with Crippen molar-refractivity contribution in [3.05, 3.63) is 82.2 Å². The highest BCUT2D eigenvalue weighted by molar-refractivity contribution is 6.19. The Morgan fingerprint density at radius 3 is 2.38 bits per heavy atom. The van der Waals surface area contributed by atoms with Crippen molar-refractivity contribution in [2.75, 3.05) is 20.3 Å². The number of halogens is 1. The monoisotopic (exact) mass is 434 g/mol. The Balaban J connectivity index is 1.78. The molecule has 2 aromatic carbocycles. The third-order valence-corrected chi connectivity index (χ3v) is 5.07. The fraction of sp³-hybridized carbons (Fsp3) is 0.240. The van der Waals surface area contributed by atoms with Crippen LogP contribution in [0.25, 0.3) is 6.08 Å². The summed E-state index contributed by atoms with van der Waals surface area (Å²) < 4.78 is 23.7. The van der Waals surface area contributed by atoms with Gasteiger partial charge in [-0.2, -0.15) is 5.26 Å². The summed E-state index contributed by atoms with van der Waals surface area (Å²) in [5.74, 6) is -0.689. The molecule has 164 valence electrons. The van der Waals surface area contributed by atoms with Crippen molar-refractivity contribution < 1.29 is 23.5 Å². The minimum absolute atomic E-state index is 0.0347. The van der Waals surface area contributed by atoms with Gasteiger partial charge >= 0.3 is 0 Å². The number of nitriles is 1. The van der Waals surface area contributed by atoms with E-state index in [2.05, 4.69) is 0 Å². The van der Waals surface area contributed by atoms with Crippen LogP contribution in [-0.4, -0.2) is 37.0 Å². The first-order valence-corrected chi connectivity index (χ1v) is 10.1. The van der Waals surface area contributed by atoms with Crippen LogP contribution >= 0.6 is 0 Å². The molecule has 6 nitrogen and oxygen atoms in total. The largest absolute Gasteiger partial charge is 0.489 e. The summed E-state index contributed by atoms with van der Waals surface area (Å²) in [7, 11) is 1.54. The number of hydrogen-bond donors (Lipinski definition) is 0. The van der Waals surface area contributed by atoms with E-state index in [9.17, 15) is 19.2 Å². The molecule has 2 aromatic rings. The quantitative estimate of drug-likeness (QED) is 0.356. The number of ether oxygens (including phenoxy) is 2. The standard InChI is InChI=1S/C25H23FN2O4/c1-17-22(24(29)28(12-3-13-31-2)25(30)23(17)15-27)14-18-6-10-21(11-7-18)32-16-19-4-8-20(26)9-5-19/h4-11,14H,3,12-13,16H2,1-2H3/b22-14+. The number of methoxy groups -OCH3 is 1. The second-order valence-corrected chi connectivity index (χ2v) is 7.26. The zero-order valence-electron chi connectivity index (χ0n) is 17.9. The van der Waals surface area contributed by atoms with Gasteiger partial charge in [0.1, 0.15) is 29.8 Å². The van der Waals surface area contributed by atoms with E-state index in [4.69, 9.17) is 9.47 Å². The Morgan fingerprint density at radius 1 is 1.06 bits per heavy atom. The van der Waals surface area contributed by atoms with Crippen LogP contribution in [0.4, 0.5) is 4.39 Å². The summed E-state index contributed by atoms with van der Waals surface area (Å²) in [6.07, 6.45) is 2.15. The highest BCUT2D eigenvalue weighted by Crippen LogP contribution is 2.27. The Morgan fingerprint density at radius 2 is 1.75 bits per heavy atom. The first kappa shape index (κ1) is 22.9. The van der Waals surface area contributed by atoms with E-state index in [1.807, 2.05) is 6.07 Å². The van der Waals surface area contributed by atoms with Crippen LogP contribution in [0.3, 0.4) is 0 Å². The number of carbonyl (C=O) groups excluding carboxylic acids is 2. The third kappa shape index (κ3) is 5.29. The molecule has 1 aliphatic rings. The number of carbonyl (C=O) groups is 2. The van der Waals surface area contributed by atoms with Gasteiger partial charge in [-0.05, 0) is 60.4 Å². The summed E-state index contributed by atoms with van der Waals surface area (Å²) in [5.41, 5.74) is 2.20. The van der Waals surface area contributed by atoms with E-state index >= 15 is 0 Å². The van der Waals surface area contributed by atoms with E-state index in [0.29, 0.717) is 36.5 Å². The van der Waals surface area contributed by atoms with Gasteiger partial charge in [0.2, 0.25) is 0 Å². The molecular weight excluding hydrogens is 411 g/mol. The topological polar surface area (TPSA) is 79.6 Å². The van der Waals surface area contributed by atoms with Crippen LogP contribution in [0.1, 0.15) is 24.5 Å². The van der Waals surface area contributed by atoms with Crippen LogP contribution in [0.2, 0.25) is 0 Å². The van der Waals surface area contributed by atoms with Gasteiger partial charge in [0.15, 0.2) is 0 Å². The van der Waals surface area contributed by atoms with Gasteiger partial charge in [-0.3, -0.25) is 14.5 Å². The molecule has 2 amide bonds. The van der Waals surface area contributed by atoms with Gasteiger partial charge < -0.3 is 9.47 Å².